The van der Waals surface area contributed by atoms with Crippen LogP contribution in [0.15, 0.2) is 53.0 Å². The maximum absolute atomic E-state index is 13.3. The molecule has 1 fully saturated rings. The highest BCUT2D eigenvalue weighted by Crippen LogP contribution is 2.33. The summed E-state index contributed by atoms with van der Waals surface area (Å²) in [4.78, 5) is 21.8. The molecular formula is C22H19ClN4O4S2. The lowest BCUT2D eigenvalue weighted by atomic mass is 10.1. The number of piperazine rings is 1. The summed E-state index contributed by atoms with van der Waals surface area (Å²) in [6, 6.07) is 11.8. The van der Waals surface area contributed by atoms with Crippen LogP contribution in [0.2, 0.25) is 5.02 Å². The highest BCUT2D eigenvalue weighted by atomic mass is 35.5. The number of sulfonamides is 1. The number of halogens is 1. The third-order valence-electron chi connectivity index (χ3n) is 5.77. The van der Waals surface area contributed by atoms with Crippen LogP contribution < -0.4 is 0 Å². The predicted octanol–water partition coefficient (Wildman–Crippen LogP) is 3.28. The van der Waals surface area contributed by atoms with E-state index in [1.807, 2.05) is 17.0 Å². The fourth-order valence-corrected chi connectivity index (χ4v) is 7.30. The number of aromatic hydroxyl groups is 1. The second-order valence-corrected chi connectivity index (χ2v) is 11.5. The first-order valence-corrected chi connectivity index (χ1v) is 12.8. The van der Waals surface area contributed by atoms with Gasteiger partial charge in [0.25, 0.3) is 10.0 Å². The monoisotopic (exact) mass is 502 g/mol. The molecule has 5 rings (SSSR count). The van der Waals surface area contributed by atoms with Gasteiger partial charge in [0.1, 0.15) is 16.8 Å². The smallest absolute Gasteiger partial charge is 0.252 e. The molecule has 1 saturated heterocycles. The minimum atomic E-state index is -3.73. The van der Waals surface area contributed by atoms with E-state index in [2.05, 4.69) is 9.97 Å². The van der Waals surface area contributed by atoms with Crippen molar-refractivity contribution in [1.29, 1.82) is 0 Å². The molecule has 0 radical (unpaired) electrons. The zero-order valence-corrected chi connectivity index (χ0v) is 19.6. The first kappa shape index (κ1) is 22.2. The van der Waals surface area contributed by atoms with Crippen molar-refractivity contribution in [1.82, 2.24) is 19.2 Å². The lowest BCUT2D eigenvalue weighted by molar-refractivity contribution is -0.114. The van der Waals surface area contributed by atoms with Crippen LogP contribution in [0.1, 0.15) is 5.56 Å². The van der Waals surface area contributed by atoms with Gasteiger partial charge in [-0.15, -0.1) is 11.3 Å². The maximum Gasteiger partial charge on any atom is 0.252 e. The molecule has 11 heteroatoms. The molecular weight excluding hydrogens is 484 g/mol. The third kappa shape index (κ3) is 4.20. The Morgan fingerprint density at radius 2 is 2.00 bits per heavy atom. The van der Waals surface area contributed by atoms with E-state index in [1.165, 1.54) is 22.0 Å². The van der Waals surface area contributed by atoms with Gasteiger partial charge in [0.05, 0.1) is 16.9 Å². The van der Waals surface area contributed by atoms with Crippen LogP contribution in [0.4, 0.5) is 0 Å². The Balaban J connectivity index is 1.35. The van der Waals surface area contributed by atoms with E-state index in [0.717, 1.165) is 21.9 Å². The van der Waals surface area contributed by atoms with Crippen molar-refractivity contribution in [2.24, 2.45) is 0 Å². The van der Waals surface area contributed by atoms with Crippen molar-refractivity contribution in [3.05, 3.63) is 59.4 Å². The van der Waals surface area contributed by atoms with Crippen LogP contribution in [0.3, 0.4) is 0 Å². The third-order valence-corrected chi connectivity index (χ3v) is 9.42. The summed E-state index contributed by atoms with van der Waals surface area (Å²) in [6.45, 7) is 1.22. The van der Waals surface area contributed by atoms with Gasteiger partial charge in [0.2, 0.25) is 5.88 Å². The molecule has 3 heterocycles. The van der Waals surface area contributed by atoms with Crippen molar-refractivity contribution >= 4 is 60.2 Å². The van der Waals surface area contributed by atoms with E-state index in [4.69, 9.17) is 11.6 Å². The zero-order valence-electron chi connectivity index (χ0n) is 17.3. The Hall–Kier alpha value is -2.63. The van der Waals surface area contributed by atoms with E-state index in [0.29, 0.717) is 29.0 Å². The molecule has 0 aliphatic carbocycles. The number of nitrogens with zero attached hydrogens (tertiary/aromatic N) is 4. The van der Waals surface area contributed by atoms with E-state index in [9.17, 15) is 18.3 Å². The minimum absolute atomic E-state index is 0.0807. The normalized spacial score (nSPS) is 18.2. The Labute approximate surface area is 199 Å². The zero-order chi connectivity index (χ0) is 23.2. The molecule has 170 valence electrons. The van der Waals surface area contributed by atoms with Gasteiger partial charge in [-0.3, -0.25) is 4.90 Å². The average molecular weight is 503 g/mol. The number of hydrogen-bond donors (Lipinski definition) is 1. The van der Waals surface area contributed by atoms with E-state index < -0.39 is 16.1 Å². The lowest BCUT2D eigenvalue weighted by Gasteiger charge is -2.38. The number of benzene rings is 2. The van der Waals surface area contributed by atoms with Crippen LogP contribution in [0.5, 0.6) is 5.88 Å². The van der Waals surface area contributed by atoms with Crippen molar-refractivity contribution in [2.75, 3.05) is 19.6 Å². The number of hydrogen-bond acceptors (Lipinski definition) is 8. The molecule has 1 N–H and O–H groups in total. The molecule has 2 aromatic carbocycles. The van der Waals surface area contributed by atoms with Gasteiger partial charge in [-0.1, -0.05) is 23.7 Å². The highest BCUT2D eigenvalue weighted by molar-refractivity contribution is 7.91. The standard InChI is InChI=1S/C22H19ClN4O4S2/c23-16-3-2-15-8-21(32-20(15)9-16)33(30,31)27-6-5-26(17(11-27)12-28)10-14-1-4-18-19(7-14)24-13-25-22(18)29/h1-4,7-9,12-13,17H,5-6,10-11H2,(H,24,25,29). The Morgan fingerprint density at radius 3 is 2.82 bits per heavy atom. The highest BCUT2D eigenvalue weighted by Gasteiger charge is 2.35. The topological polar surface area (TPSA) is 104 Å². The van der Waals surface area contributed by atoms with Gasteiger partial charge < -0.3 is 9.90 Å². The van der Waals surface area contributed by atoms with Gasteiger partial charge in [-0.05, 0) is 41.3 Å². The average Bonchev–Trinajstić information content (AvgIpc) is 3.23. The molecule has 0 amide bonds. The van der Waals surface area contributed by atoms with Crippen molar-refractivity contribution < 1.29 is 18.3 Å². The number of aldehydes is 1. The second-order valence-electron chi connectivity index (χ2n) is 7.83. The summed E-state index contributed by atoms with van der Waals surface area (Å²) in [5.41, 5.74) is 1.51. The number of rotatable bonds is 5. The lowest BCUT2D eigenvalue weighted by Crippen LogP contribution is -2.54. The summed E-state index contributed by atoms with van der Waals surface area (Å²) < 4.78 is 29.0. The van der Waals surface area contributed by atoms with E-state index >= 15 is 0 Å². The minimum Gasteiger partial charge on any atom is -0.493 e. The fourth-order valence-electron chi connectivity index (χ4n) is 4.02. The molecule has 0 spiro atoms. The molecule has 2 aromatic heterocycles. The Bertz CT molecular complexity index is 1470. The van der Waals surface area contributed by atoms with Gasteiger partial charge >= 0.3 is 0 Å². The number of fused-ring (bicyclic) bond motifs is 2. The molecule has 0 bridgehead atoms. The molecule has 8 nitrogen and oxygen atoms in total. The summed E-state index contributed by atoms with van der Waals surface area (Å²) in [6.07, 6.45) is 2.09. The SMILES string of the molecule is O=CC1CN(S(=O)(=O)c2cc3ccc(Cl)cc3s2)CCN1Cc1ccc2c(O)ncnc2c1. The van der Waals surface area contributed by atoms with Crippen LogP contribution in [-0.4, -0.2) is 64.7 Å². The fraction of sp³-hybridized carbons (Fsp3) is 0.227. The molecule has 0 saturated carbocycles. The second kappa shape index (κ2) is 8.62. The van der Waals surface area contributed by atoms with Crippen molar-refractivity contribution in [3.8, 4) is 5.88 Å². The van der Waals surface area contributed by atoms with Crippen molar-refractivity contribution in [3.63, 3.8) is 0 Å². The van der Waals surface area contributed by atoms with E-state index in [1.54, 1.807) is 30.3 Å². The number of thiophene rings is 1. The summed E-state index contributed by atoms with van der Waals surface area (Å²) in [5.74, 6) is -0.0837. The molecule has 1 atom stereocenters. The van der Waals surface area contributed by atoms with Crippen LogP contribution in [0.25, 0.3) is 21.0 Å². The molecule has 1 aliphatic heterocycles. The number of carbonyl (C=O) groups excluding carboxylic acids is 1. The first-order chi connectivity index (χ1) is 15.8. The first-order valence-electron chi connectivity index (χ1n) is 10.2. The van der Waals surface area contributed by atoms with Crippen molar-refractivity contribution in [2.45, 2.75) is 16.8 Å². The summed E-state index contributed by atoms with van der Waals surface area (Å²) in [7, 11) is -3.73. The Kier molecular flexibility index (Phi) is 5.79. The van der Waals surface area contributed by atoms with Gasteiger partial charge in [-0.25, -0.2) is 18.4 Å². The van der Waals surface area contributed by atoms with Crippen LogP contribution in [-0.2, 0) is 21.4 Å². The molecule has 33 heavy (non-hydrogen) atoms. The number of carbonyl (C=O) groups is 1. The quantitative estimate of drug-likeness (QED) is 0.418. The maximum atomic E-state index is 13.3. The van der Waals surface area contributed by atoms with Crippen LogP contribution in [0, 0.1) is 0 Å². The molecule has 1 aliphatic rings. The molecule has 4 aromatic rings. The molecule has 1 unspecified atom stereocenters. The largest absolute Gasteiger partial charge is 0.493 e. The van der Waals surface area contributed by atoms with Gasteiger partial charge in [0, 0.05) is 35.9 Å². The van der Waals surface area contributed by atoms with Gasteiger partial charge in [0.15, 0.2) is 0 Å². The summed E-state index contributed by atoms with van der Waals surface area (Å²) >= 11 is 7.21. The van der Waals surface area contributed by atoms with E-state index in [-0.39, 0.29) is 23.2 Å². The summed E-state index contributed by atoms with van der Waals surface area (Å²) in [5, 5.41) is 11.8. The Morgan fingerprint density at radius 1 is 1.15 bits per heavy atom. The predicted molar refractivity (Wildman–Crippen MR) is 127 cm³/mol. The van der Waals surface area contributed by atoms with Gasteiger partial charge in [-0.2, -0.15) is 4.31 Å². The van der Waals surface area contributed by atoms with Crippen LogP contribution >= 0.6 is 22.9 Å². The number of aromatic nitrogens is 2.